The largest absolute Gasteiger partial charge is 0.296 e. The Balaban J connectivity index is 1.91. The van der Waals surface area contributed by atoms with E-state index in [0.29, 0.717) is 5.56 Å². The average molecular weight is 340 g/mol. The first-order chi connectivity index (χ1) is 10.8. The van der Waals surface area contributed by atoms with Gasteiger partial charge in [-0.05, 0) is 24.6 Å². The maximum Gasteiger partial charge on any atom is 0.296 e. The highest BCUT2D eigenvalue weighted by molar-refractivity contribution is 7.86. The van der Waals surface area contributed by atoms with Gasteiger partial charge in [-0.1, -0.05) is 48.0 Å². The number of hydrogen-bond donors (Lipinski definition) is 0. The molecule has 0 N–H and O–H groups in total. The fraction of sp³-hybridized carbons (Fsp3) is 0.294. The summed E-state index contributed by atoms with van der Waals surface area (Å²) < 4.78 is 56.3. The van der Waals surface area contributed by atoms with E-state index in [1.807, 2.05) is 6.92 Å². The molecule has 0 aliphatic heterocycles. The molecule has 124 valence electrons. The van der Waals surface area contributed by atoms with E-state index >= 15 is 0 Å². The smallest absolute Gasteiger partial charge is 0.266 e. The Morgan fingerprint density at radius 1 is 1.00 bits per heavy atom. The molecule has 0 radical (unpaired) electrons. The second kappa shape index (κ2) is 7.19. The zero-order valence-electron chi connectivity index (χ0n) is 12.7. The Morgan fingerprint density at radius 2 is 1.61 bits per heavy atom. The summed E-state index contributed by atoms with van der Waals surface area (Å²) >= 11 is 0. The lowest BCUT2D eigenvalue weighted by molar-refractivity contribution is -0.0172. The minimum Gasteiger partial charge on any atom is -0.266 e. The van der Waals surface area contributed by atoms with E-state index in [1.54, 1.807) is 42.5 Å². The van der Waals surface area contributed by atoms with Crippen molar-refractivity contribution in [2.75, 3.05) is 6.61 Å². The number of rotatable bonds is 7. The number of halogens is 2. The third-order valence-corrected chi connectivity index (χ3v) is 4.65. The fourth-order valence-corrected chi connectivity index (χ4v) is 2.96. The monoisotopic (exact) mass is 340 g/mol. The minimum atomic E-state index is -4.01. The van der Waals surface area contributed by atoms with E-state index in [9.17, 15) is 17.2 Å². The molecule has 0 aromatic heterocycles. The Kier molecular flexibility index (Phi) is 5.49. The highest BCUT2D eigenvalue weighted by atomic mass is 32.2. The van der Waals surface area contributed by atoms with Crippen LogP contribution in [0.3, 0.4) is 0 Å². The summed E-state index contributed by atoms with van der Waals surface area (Å²) in [6.45, 7) is 1.26. The van der Waals surface area contributed by atoms with Crippen molar-refractivity contribution < 1.29 is 21.4 Å². The first kappa shape index (κ1) is 17.6. The predicted octanol–water partition coefficient (Wildman–Crippen LogP) is 3.97. The molecule has 0 unspecified atom stereocenters. The second-order valence-corrected chi connectivity index (χ2v) is 6.97. The van der Waals surface area contributed by atoms with E-state index in [4.69, 9.17) is 4.18 Å². The predicted molar refractivity (Wildman–Crippen MR) is 84.0 cm³/mol. The number of alkyl halides is 2. The van der Waals surface area contributed by atoms with Crippen LogP contribution >= 0.6 is 0 Å². The van der Waals surface area contributed by atoms with Crippen molar-refractivity contribution in [2.24, 2.45) is 0 Å². The van der Waals surface area contributed by atoms with Gasteiger partial charge in [0.1, 0.15) is 0 Å². The first-order valence-corrected chi connectivity index (χ1v) is 8.57. The van der Waals surface area contributed by atoms with Crippen molar-refractivity contribution in [3.8, 4) is 0 Å². The summed E-state index contributed by atoms with van der Waals surface area (Å²) in [5, 5.41) is 0. The van der Waals surface area contributed by atoms with E-state index in [1.165, 1.54) is 12.1 Å². The summed E-state index contributed by atoms with van der Waals surface area (Å²) in [6, 6.07) is 14.4. The van der Waals surface area contributed by atoms with Crippen LogP contribution in [0.15, 0.2) is 59.5 Å². The molecule has 0 aliphatic carbocycles. The lowest BCUT2D eigenvalue weighted by Gasteiger charge is -2.16. The summed E-state index contributed by atoms with van der Waals surface area (Å²) in [5.41, 5.74) is 1.40. The van der Waals surface area contributed by atoms with Crippen LogP contribution in [0.1, 0.15) is 17.5 Å². The molecule has 23 heavy (non-hydrogen) atoms. The molecule has 0 heterocycles. The SMILES string of the molecule is Cc1ccc(S(=O)(=O)OCCC(F)(F)Cc2ccccc2)cc1. The van der Waals surface area contributed by atoms with Gasteiger partial charge in [0.05, 0.1) is 11.5 Å². The quantitative estimate of drug-likeness (QED) is 0.716. The van der Waals surface area contributed by atoms with Gasteiger partial charge < -0.3 is 0 Å². The number of hydrogen-bond acceptors (Lipinski definition) is 3. The summed E-state index contributed by atoms with van der Waals surface area (Å²) in [6.07, 6.45) is -1.10. The zero-order valence-corrected chi connectivity index (χ0v) is 13.5. The number of benzene rings is 2. The van der Waals surface area contributed by atoms with E-state index in [0.717, 1.165) is 5.56 Å². The van der Waals surface area contributed by atoms with Gasteiger partial charge in [0.25, 0.3) is 16.0 Å². The van der Waals surface area contributed by atoms with Crippen molar-refractivity contribution in [1.29, 1.82) is 0 Å². The fourth-order valence-electron chi connectivity index (χ4n) is 2.06. The summed E-state index contributed by atoms with van der Waals surface area (Å²) in [5.74, 6) is -3.02. The standard InChI is InChI=1S/C17H18F2O3S/c1-14-7-9-16(10-8-14)23(20,21)22-12-11-17(18,19)13-15-5-3-2-4-6-15/h2-10H,11-13H2,1H3. The van der Waals surface area contributed by atoms with Crippen molar-refractivity contribution in [3.05, 3.63) is 65.7 Å². The van der Waals surface area contributed by atoms with E-state index in [-0.39, 0.29) is 4.90 Å². The molecule has 0 bridgehead atoms. The molecule has 0 amide bonds. The zero-order chi connectivity index (χ0) is 16.9. The van der Waals surface area contributed by atoms with Gasteiger partial charge in [0, 0.05) is 12.8 Å². The van der Waals surface area contributed by atoms with Gasteiger partial charge in [-0.25, -0.2) is 8.78 Å². The Hall–Kier alpha value is -1.79. The maximum atomic E-state index is 13.9. The third kappa shape index (κ3) is 5.41. The lowest BCUT2D eigenvalue weighted by Crippen LogP contribution is -2.23. The highest BCUT2D eigenvalue weighted by Gasteiger charge is 2.30. The van der Waals surface area contributed by atoms with Crippen molar-refractivity contribution in [1.82, 2.24) is 0 Å². The van der Waals surface area contributed by atoms with Crippen LogP contribution in [-0.2, 0) is 20.7 Å². The second-order valence-electron chi connectivity index (χ2n) is 5.36. The van der Waals surface area contributed by atoms with Gasteiger partial charge >= 0.3 is 0 Å². The van der Waals surface area contributed by atoms with Gasteiger partial charge in [0.2, 0.25) is 0 Å². The minimum absolute atomic E-state index is 0.0329. The molecule has 0 aliphatic rings. The van der Waals surface area contributed by atoms with Gasteiger partial charge in [-0.3, -0.25) is 4.18 Å². The summed E-state index contributed by atoms with van der Waals surface area (Å²) in [4.78, 5) is -0.0329. The molecule has 2 aromatic rings. The Bertz CT molecular complexity index is 726. The van der Waals surface area contributed by atoms with Crippen LogP contribution in [0.4, 0.5) is 8.78 Å². The number of aryl methyl sites for hydroxylation is 1. The molecule has 6 heteroatoms. The van der Waals surface area contributed by atoms with E-state index in [2.05, 4.69) is 0 Å². The van der Waals surface area contributed by atoms with E-state index < -0.39 is 35.5 Å². The maximum absolute atomic E-state index is 13.9. The van der Waals surface area contributed by atoms with Crippen LogP contribution in [0, 0.1) is 6.92 Å². The average Bonchev–Trinajstić information content (AvgIpc) is 2.47. The van der Waals surface area contributed by atoms with Gasteiger partial charge in [0.15, 0.2) is 0 Å². The molecule has 0 atom stereocenters. The highest BCUT2D eigenvalue weighted by Crippen LogP contribution is 2.25. The van der Waals surface area contributed by atoms with Gasteiger partial charge in [-0.15, -0.1) is 0 Å². The molecular formula is C17H18F2O3S. The molecule has 3 nitrogen and oxygen atoms in total. The molecular weight excluding hydrogens is 322 g/mol. The Labute approximate surface area is 135 Å². The molecule has 0 spiro atoms. The lowest BCUT2D eigenvalue weighted by atomic mass is 10.1. The van der Waals surface area contributed by atoms with Crippen LogP contribution in [-0.4, -0.2) is 20.9 Å². The molecule has 2 aromatic carbocycles. The third-order valence-electron chi connectivity index (χ3n) is 3.32. The van der Waals surface area contributed by atoms with Crippen molar-refractivity contribution >= 4 is 10.1 Å². The Morgan fingerprint density at radius 3 is 2.22 bits per heavy atom. The van der Waals surface area contributed by atoms with Crippen molar-refractivity contribution in [3.63, 3.8) is 0 Å². The van der Waals surface area contributed by atoms with Crippen LogP contribution < -0.4 is 0 Å². The molecule has 0 saturated carbocycles. The van der Waals surface area contributed by atoms with Gasteiger partial charge in [-0.2, -0.15) is 8.42 Å². The van der Waals surface area contributed by atoms with Crippen LogP contribution in [0.5, 0.6) is 0 Å². The van der Waals surface area contributed by atoms with Crippen LogP contribution in [0.25, 0.3) is 0 Å². The molecule has 0 saturated heterocycles. The topological polar surface area (TPSA) is 43.4 Å². The van der Waals surface area contributed by atoms with Crippen molar-refractivity contribution in [2.45, 2.75) is 30.6 Å². The summed E-state index contributed by atoms with van der Waals surface area (Å²) in [7, 11) is -4.01. The van der Waals surface area contributed by atoms with Crippen LogP contribution in [0.2, 0.25) is 0 Å². The normalized spacial score (nSPS) is 12.3. The molecule has 0 fully saturated rings. The first-order valence-electron chi connectivity index (χ1n) is 7.16. The molecule has 2 rings (SSSR count).